The quantitative estimate of drug-likeness (QED) is 0.660. The zero-order valence-electron chi connectivity index (χ0n) is 20.1. The molecule has 5 rings (SSSR count). The second-order valence-electron chi connectivity index (χ2n) is 9.69. The van der Waals surface area contributed by atoms with Crippen molar-refractivity contribution in [3.8, 4) is 5.75 Å². The van der Waals surface area contributed by atoms with Gasteiger partial charge in [-0.25, -0.2) is 8.42 Å². The normalized spacial score (nSPS) is 21.0. The van der Waals surface area contributed by atoms with Crippen LogP contribution in [-0.2, 0) is 26.0 Å². The predicted molar refractivity (Wildman–Crippen MR) is 133 cm³/mol. The molecule has 0 unspecified atom stereocenters. The molecule has 0 bridgehead atoms. The van der Waals surface area contributed by atoms with Crippen molar-refractivity contribution in [3.63, 3.8) is 0 Å². The lowest BCUT2D eigenvalue weighted by Gasteiger charge is -2.30. The minimum atomic E-state index is -3.68. The molecule has 2 aromatic rings. The Morgan fingerprint density at radius 1 is 1.00 bits per heavy atom. The minimum Gasteiger partial charge on any atom is -0.495 e. The Hall–Kier alpha value is -2.91. The van der Waals surface area contributed by atoms with Gasteiger partial charge in [0, 0.05) is 36.7 Å². The summed E-state index contributed by atoms with van der Waals surface area (Å²) in [6, 6.07) is 12.4. The molecule has 8 nitrogen and oxygen atoms in total. The van der Waals surface area contributed by atoms with Crippen molar-refractivity contribution in [1.29, 1.82) is 0 Å². The second kappa shape index (κ2) is 9.28. The third-order valence-electron chi connectivity index (χ3n) is 7.26. The van der Waals surface area contributed by atoms with Gasteiger partial charge in [-0.3, -0.25) is 9.59 Å². The Morgan fingerprint density at radius 2 is 1.71 bits per heavy atom. The first kappa shape index (κ1) is 23.8. The van der Waals surface area contributed by atoms with Crippen LogP contribution in [0.4, 0.5) is 11.4 Å². The number of sulfonamides is 1. The van der Waals surface area contributed by atoms with E-state index in [-0.39, 0.29) is 47.7 Å². The van der Waals surface area contributed by atoms with E-state index in [1.807, 2.05) is 24.0 Å². The van der Waals surface area contributed by atoms with Gasteiger partial charge >= 0.3 is 0 Å². The second-order valence-corrected chi connectivity index (χ2v) is 11.6. The third-order valence-corrected chi connectivity index (χ3v) is 9.15. The Bertz CT molecular complexity index is 1250. The van der Waals surface area contributed by atoms with Crippen LogP contribution in [0.5, 0.6) is 5.75 Å². The monoisotopic (exact) mass is 497 g/mol. The summed E-state index contributed by atoms with van der Waals surface area (Å²) in [7, 11) is -2.13. The number of carbonyl (C=O) groups excluding carboxylic acids is 2. The number of carbonyl (C=O) groups is 2. The number of methoxy groups -OCH3 is 1. The highest BCUT2D eigenvalue weighted by Crippen LogP contribution is 2.40. The van der Waals surface area contributed by atoms with Crippen molar-refractivity contribution in [2.24, 2.45) is 11.8 Å². The van der Waals surface area contributed by atoms with Gasteiger partial charge in [0.05, 0.1) is 17.7 Å². The first-order chi connectivity index (χ1) is 16.8. The SMILES string of the molecule is COc1ccccc1NC(=O)C1CCN(S(=O)(=O)c2ccc3c(c2)C[C@@H](C)N3C(=O)C2CC2)CC1. The Labute approximate surface area is 206 Å². The summed E-state index contributed by atoms with van der Waals surface area (Å²) in [6.45, 7) is 2.58. The van der Waals surface area contributed by atoms with Gasteiger partial charge in [-0.15, -0.1) is 0 Å². The first-order valence-electron chi connectivity index (χ1n) is 12.2. The Morgan fingerprint density at radius 3 is 2.40 bits per heavy atom. The van der Waals surface area contributed by atoms with Crippen LogP contribution in [0.3, 0.4) is 0 Å². The number of anilines is 2. The molecule has 1 saturated heterocycles. The van der Waals surface area contributed by atoms with E-state index in [0.29, 0.717) is 30.7 Å². The number of fused-ring (bicyclic) bond motifs is 1. The zero-order valence-corrected chi connectivity index (χ0v) is 20.9. The zero-order chi connectivity index (χ0) is 24.7. The molecule has 1 aliphatic carbocycles. The summed E-state index contributed by atoms with van der Waals surface area (Å²) in [6.07, 6.45) is 3.44. The average molecular weight is 498 g/mol. The van der Waals surface area contributed by atoms with Gasteiger partial charge in [0.25, 0.3) is 0 Å². The number of ether oxygens (including phenoxy) is 1. The maximum absolute atomic E-state index is 13.4. The minimum absolute atomic E-state index is 0.0357. The van der Waals surface area contributed by atoms with Gasteiger partial charge in [-0.2, -0.15) is 4.31 Å². The maximum Gasteiger partial charge on any atom is 0.243 e. The maximum atomic E-state index is 13.4. The Kier molecular flexibility index (Phi) is 6.31. The third kappa shape index (κ3) is 4.54. The van der Waals surface area contributed by atoms with Crippen LogP contribution in [0, 0.1) is 11.8 Å². The molecule has 3 aliphatic rings. The van der Waals surface area contributed by atoms with E-state index < -0.39 is 10.0 Å². The number of nitrogens with one attached hydrogen (secondary N) is 1. The summed E-state index contributed by atoms with van der Waals surface area (Å²) < 4.78 is 33.5. The summed E-state index contributed by atoms with van der Waals surface area (Å²) >= 11 is 0. The van der Waals surface area contributed by atoms with Crippen LogP contribution in [-0.4, -0.2) is 50.8 Å². The molecule has 0 aromatic heterocycles. The lowest BCUT2D eigenvalue weighted by molar-refractivity contribution is -0.121. The molecule has 2 amide bonds. The van der Waals surface area contributed by atoms with Crippen LogP contribution in [0.1, 0.15) is 38.2 Å². The Balaban J connectivity index is 1.25. The van der Waals surface area contributed by atoms with E-state index in [1.54, 1.807) is 37.4 Å². The molecule has 1 atom stereocenters. The molecule has 2 aliphatic heterocycles. The van der Waals surface area contributed by atoms with Gasteiger partial charge in [0.2, 0.25) is 21.8 Å². The number of nitrogens with zero attached hydrogens (tertiary/aromatic N) is 2. The van der Waals surface area contributed by atoms with Crippen LogP contribution in [0.25, 0.3) is 0 Å². The largest absolute Gasteiger partial charge is 0.495 e. The number of hydrogen-bond acceptors (Lipinski definition) is 5. The molecule has 186 valence electrons. The predicted octanol–water partition coefficient (Wildman–Crippen LogP) is 3.42. The number of rotatable bonds is 6. The number of amides is 2. The number of benzene rings is 2. The van der Waals surface area contributed by atoms with Crippen molar-refractivity contribution in [3.05, 3.63) is 48.0 Å². The highest BCUT2D eigenvalue weighted by atomic mass is 32.2. The van der Waals surface area contributed by atoms with Gasteiger partial charge in [-0.1, -0.05) is 12.1 Å². The highest BCUT2D eigenvalue weighted by Gasteiger charge is 2.40. The van der Waals surface area contributed by atoms with Crippen molar-refractivity contribution in [2.45, 2.75) is 50.0 Å². The smallest absolute Gasteiger partial charge is 0.243 e. The molecule has 0 spiro atoms. The topological polar surface area (TPSA) is 96.0 Å². The van der Waals surface area contributed by atoms with Crippen molar-refractivity contribution in [2.75, 3.05) is 30.4 Å². The molecule has 2 heterocycles. The fourth-order valence-corrected chi connectivity index (χ4v) is 6.64. The first-order valence-corrected chi connectivity index (χ1v) is 13.6. The van der Waals surface area contributed by atoms with Crippen molar-refractivity contribution < 1.29 is 22.7 Å². The fraction of sp³-hybridized carbons (Fsp3) is 0.462. The molecule has 1 N–H and O–H groups in total. The lowest BCUT2D eigenvalue weighted by atomic mass is 9.97. The van der Waals surface area contributed by atoms with E-state index in [2.05, 4.69) is 5.32 Å². The van der Waals surface area contributed by atoms with Gasteiger partial charge in [-0.05, 0) is 74.9 Å². The van der Waals surface area contributed by atoms with Gasteiger partial charge in [0.15, 0.2) is 0 Å². The lowest BCUT2D eigenvalue weighted by Crippen LogP contribution is -2.41. The van der Waals surface area contributed by atoms with Crippen molar-refractivity contribution >= 4 is 33.2 Å². The number of hydrogen-bond donors (Lipinski definition) is 1. The fourth-order valence-electron chi connectivity index (χ4n) is 5.12. The summed E-state index contributed by atoms with van der Waals surface area (Å²) in [4.78, 5) is 27.6. The summed E-state index contributed by atoms with van der Waals surface area (Å²) in [5, 5.41) is 2.91. The average Bonchev–Trinajstić information content (AvgIpc) is 3.66. The molecule has 9 heteroatoms. The van der Waals surface area contributed by atoms with E-state index in [0.717, 1.165) is 24.1 Å². The van der Waals surface area contributed by atoms with Crippen LogP contribution < -0.4 is 15.0 Å². The van der Waals surface area contributed by atoms with Gasteiger partial charge < -0.3 is 15.0 Å². The van der Waals surface area contributed by atoms with E-state index >= 15 is 0 Å². The van der Waals surface area contributed by atoms with E-state index in [4.69, 9.17) is 4.74 Å². The molecule has 35 heavy (non-hydrogen) atoms. The van der Waals surface area contributed by atoms with E-state index in [1.165, 1.54) is 4.31 Å². The summed E-state index contributed by atoms with van der Waals surface area (Å²) in [5.41, 5.74) is 2.34. The molecule has 2 aromatic carbocycles. The number of piperidine rings is 1. The molecule has 0 radical (unpaired) electrons. The van der Waals surface area contributed by atoms with Crippen LogP contribution in [0.15, 0.2) is 47.4 Å². The number of para-hydroxylation sites is 2. The summed E-state index contributed by atoms with van der Waals surface area (Å²) in [5.74, 6) is 0.463. The van der Waals surface area contributed by atoms with Crippen LogP contribution >= 0.6 is 0 Å². The van der Waals surface area contributed by atoms with E-state index in [9.17, 15) is 18.0 Å². The molecule has 1 saturated carbocycles. The van der Waals surface area contributed by atoms with Crippen molar-refractivity contribution in [1.82, 2.24) is 4.31 Å². The molecular weight excluding hydrogens is 466 g/mol. The standard InChI is InChI=1S/C26H31N3O5S/c1-17-15-20-16-21(9-10-23(20)29(17)26(31)19-7-8-19)35(32,33)28-13-11-18(12-14-28)25(30)27-22-5-3-4-6-24(22)34-2/h3-6,9-10,16-19H,7-8,11-15H2,1-2H3,(H,27,30)/t17-/m1/s1. The van der Waals surface area contributed by atoms with Gasteiger partial charge in [0.1, 0.15) is 5.75 Å². The highest BCUT2D eigenvalue weighted by molar-refractivity contribution is 7.89. The molecular formula is C26H31N3O5S. The molecule has 2 fully saturated rings. The van der Waals surface area contributed by atoms with Crippen LogP contribution in [0.2, 0.25) is 0 Å².